The van der Waals surface area contributed by atoms with Crippen molar-refractivity contribution in [3.63, 3.8) is 0 Å². The van der Waals surface area contributed by atoms with E-state index < -0.39 is 0 Å². The summed E-state index contributed by atoms with van der Waals surface area (Å²) in [6.07, 6.45) is 0. The third-order valence-electron chi connectivity index (χ3n) is 1.73. The van der Waals surface area contributed by atoms with Gasteiger partial charge in [-0.15, -0.1) is 0 Å². The Bertz CT molecular complexity index is 233. The van der Waals surface area contributed by atoms with Crippen molar-refractivity contribution in [1.29, 1.82) is 0 Å². The molecule has 0 saturated heterocycles. The Morgan fingerprint density at radius 2 is 1.85 bits per heavy atom. The molecule has 0 unspecified atom stereocenters. The summed E-state index contributed by atoms with van der Waals surface area (Å²) in [4.78, 5) is 0. The van der Waals surface area contributed by atoms with E-state index in [0.29, 0.717) is 0 Å². The first-order chi connectivity index (χ1) is 6.33. The lowest BCUT2D eigenvalue weighted by Gasteiger charge is -2.05. The predicted molar refractivity (Wildman–Crippen MR) is 53.4 cm³/mol. The Hall–Kier alpha value is -1.09. The standard InChI is InChI=1S/C10H15FN2/c1-2-12-7-8-13-10-5-3-9(11)4-6-10/h3-6,12-13H,2,7-8H2,1H3. The van der Waals surface area contributed by atoms with E-state index in [1.54, 1.807) is 12.1 Å². The highest BCUT2D eigenvalue weighted by Gasteiger charge is 1.91. The van der Waals surface area contributed by atoms with E-state index in [4.69, 9.17) is 0 Å². The third kappa shape index (κ3) is 3.90. The fourth-order valence-corrected chi connectivity index (χ4v) is 1.04. The first-order valence-corrected chi connectivity index (χ1v) is 4.53. The number of anilines is 1. The minimum Gasteiger partial charge on any atom is -0.384 e. The average molecular weight is 182 g/mol. The molecule has 13 heavy (non-hydrogen) atoms. The van der Waals surface area contributed by atoms with Crippen LogP contribution in [0.15, 0.2) is 24.3 Å². The van der Waals surface area contributed by atoms with Crippen LogP contribution in [0.5, 0.6) is 0 Å². The Morgan fingerprint density at radius 1 is 1.15 bits per heavy atom. The highest BCUT2D eigenvalue weighted by atomic mass is 19.1. The molecule has 0 fully saturated rings. The maximum Gasteiger partial charge on any atom is 0.123 e. The van der Waals surface area contributed by atoms with Crippen molar-refractivity contribution in [2.75, 3.05) is 25.0 Å². The van der Waals surface area contributed by atoms with E-state index in [1.165, 1.54) is 12.1 Å². The Labute approximate surface area is 78.2 Å². The highest BCUT2D eigenvalue weighted by Crippen LogP contribution is 2.06. The molecule has 0 saturated carbocycles. The molecule has 0 aliphatic heterocycles. The monoisotopic (exact) mass is 182 g/mol. The summed E-state index contributed by atoms with van der Waals surface area (Å²) in [5, 5.41) is 6.37. The minimum atomic E-state index is -0.197. The Morgan fingerprint density at radius 3 is 2.46 bits per heavy atom. The molecule has 0 aliphatic rings. The van der Waals surface area contributed by atoms with Crippen LogP contribution in [-0.2, 0) is 0 Å². The molecule has 2 nitrogen and oxygen atoms in total. The van der Waals surface area contributed by atoms with E-state index in [9.17, 15) is 4.39 Å². The third-order valence-corrected chi connectivity index (χ3v) is 1.73. The van der Waals surface area contributed by atoms with Gasteiger partial charge in [0.05, 0.1) is 0 Å². The summed E-state index contributed by atoms with van der Waals surface area (Å²) < 4.78 is 12.5. The van der Waals surface area contributed by atoms with Crippen LogP contribution < -0.4 is 10.6 Å². The molecule has 0 bridgehead atoms. The molecule has 0 heterocycles. The summed E-state index contributed by atoms with van der Waals surface area (Å²) in [5.74, 6) is -0.197. The number of hydrogen-bond acceptors (Lipinski definition) is 2. The molecule has 72 valence electrons. The minimum absolute atomic E-state index is 0.197. The van der Waals surface area contributed by atoms with Crippen LogP contribution in [0.4, 0.5) is 10.1 Å². The number of halogens is 1. The number of rotatable bonds is 5. The molecular weight excluding hydrogens is 167 g/mol. The van der Waals surface area contributed by atoms with Gasteiger partial charge in [0.25, 0.3) is 0 Å². The molecule has 0 spiro atoms. The molecule has 0 amide bonds. The van der Waals surface area contributed by atoms with E-state index >= 15 is 0 Å². The predicted octanol–water partition coefficient (Wildman–Crippen LogP) is 1.85. The normalized spacial score (nSPS) is 10.0. The SMILES string of the molecule is CCNCCNc1ccc(F)cc1. The van der Waals surface area contributed by atoms with Gasteiger partial charge in [-0.1, -0.05) is 6.92 Å². The van der Waals surface area contributed by atoms with Crippen molar-refractivity contribution in [3.8, 4) is 0 Å². The van der Waals surface area contributed by atoms with Crippen LogP contribution in [-0.4, -0.2) is 19.6 Å². The maximum absolute atomic E-state index is 12.5. The summed E-state index contributed by atoms with van der Waals surface area (Å²) in [5.41, 5.74) is 0.958. The van der Waals surface area contributed by atoms with Gasteiger partial charge in [-0.25, -0.2) is 4.39 Å². The van der Waals surface area contributed by atoms with Gasteiger partial charge in [0.1, 0.15) is 5.82 Å². The van der Waals surface area contributed by atoms with Gasteiger partial charge in [-0.05, 0) is 30.8 Å². The summed E-state index contributed by atoms with van der Waals surface area (Å²) in [7, 11) is 0. The summed E-state index contributed by atoms with van der Waals surface area (Å²) in [6, 6.07) is 6.38. The quantitative estimate of drug-likeness (QED) is 0.679. The van der Waals surface area contributed by atoms with Crippen LogP contribution in [0.25, 0.3) is 0 Å². The molecule has 1 aromatic carbocycles. The van der Waals surface area contributed by atoms with Crippen LogP contribution in [0.3, 0.4) is 0 Å². The van der Waals surface area contributed by atoms with Crippen molar-refractivity contribution in [2.45, 2.75) is 6.92 Å². The molecule has 2 N–H and O–H groups in total. The second kappa shape index (κ2) is 5.54. The molecule has 1 aromatic rings. The van der Waals surface area contributed by atoms with Gasteiger partial charge >= 0.3 is 0 Å². The molecular formula is C10H15FN2. The average Bonchev–Trinajstić information content (AvgIpc) is 2.15. The smallest absolute Gasteiger partial charge is 0.123 e. The zero-order valence-electron chi connectivity index (χ0n) is 7.81. The van der Waals surface area contributed by atoms with Gasteiger partial charge in [0.2, 0.25) is 0 Å². The fourth-order valence-electron chi connectivity index (χ4n) is 1.04. The molecule has 1 rings (SSSR count). The zero-order valence-corrected chi connectivity index (χ0v) is 7.81. The number of nitrogens with one attached hydrogen (secondary N) is 2. The van der Waals surface area contributed by atoms with Crippen LogP contribution in [0.1, 0.15) is 6.92 Å². The van der Waals surface area contributed by atoms with Crippen molar-refractivity contribution in [1.82, 2.24) is 5.32 Å². The van der Waals surface area contributed by atoms with Gasteiger partial charge < -0.3 is 10.6 Å². The summed E-state index contributed by atoms with van der Waals surface area (Å²) in [6.45, 7) is 4.83. The molecule has 3 heteroatoms. The lowest BCUT2D eigenvalue weighted by Crippen LogP contribution is -2.21. The van der Waals surface area contributed by atoms with Gasteiger partial charge in [0.15, 0.2) is 0 Å². The fraction of sp³-hybridized carbons (Fsp3) is 0.400. The van der Waals surface area contributed by atoms with Crippen LogP contribution >= 0.6 is 0 Å². The second-order valence-electron chi connectivity index (χ2n) is 2.79. The Kier molecular flexibility index (Phi) is 4.26. The van der Waals surface area contributed by atoms with Crippen LogP contribution in [0.2, 0.25) is 0 Å². The van der Waals surface area contributed by atoms with Crippen molar-refractivity contribution >= 4 is 5.69 Å². The lowest BCUT2D eigenvalue weighted by atomic mass is 10.3. The van der Waals surface area contributed by atoms with Gasteiger partial charge in [0, 0.05) is 18.8 Å². The first kappa shape index (κ1) is 9.99. The zero-order chi connectivity index (χ0) is 9.52. The summed E-state index contributed by atoms with van der Waals surface area (Å²) >= 11 is 0. The second-order valence-corrected chi connectivity index (χ2v) is 2.79. The molecule has 0 radical (unpaired) electrons. The number of likely N-dealkylation sites (N-methyl/N-ethyl adjacent to an activating group) is 1. The van der Waals surface area contributed by atoms with Crippen LogP contribution in [0, 0.1) is 5.82 Å². The molecule has 0 aliphatic carbocycles. The van der Waals surface area contributed by atoms with E-state index in [-0.39, 0.29) is 5.82 Å². The number of benzene rings is 1. The van der Waals surface area contributed by atoms with Gasteiger partial charge in [-0.2, -0.15) is 0 Å². The molecule has 0 aromatic heterocycles. The van der Waals surface area contributed by atoms with E-state index in [0.717, 1.165) is 25.3 Å². The van der Waals surface area contributed by atoms with Crippen molar-refractivity contribution in [3.05, 3.63) is 30.1 Å². The Balaban J connectivity index is 2.25. The molecule has 0 atom stereocenters. The van der Waals surface area contributed by atoms with Crippen molar-refractivity contribution < 1.29 is 4.39 Å². The first-order valence-electron chi connectivity index (χ1n) is 4.53. The highest BCUT2D eigenvalue weighted by molar-refractivity contribution is 5.42. The number of hydrogen-bond donors (Lipinski definition) is 2. The van der Waals surface area contributed by atoms with E-state index in [1.807, 2.05) is 0 Å². The largest absolute Gasteiger partial charge is 0.384 e. The maximum atomic E-state index is 12.5. The van der Waals surface area contributed by atoms with Crippen molar-refractivity contribution in [2.24, 2.45) is 0 Å². The van der Waals surface area contributed by atoms with Gasteiger partial charge in [-0.3, -0.25) is 0 Å². The topological polar surface area (TPSA) is 24.1 Å². The van der Waals surface area contributed by atoms with E-state index in [2.05, 4.69) is 17.6 Å². The lowest BCUT2D eigenvalue weighted by molar-refractivity contribution is 0.628.